The zero-order chi connectivity index (χ0) is 13.3. The average molecular weight is 270 g/mol. The van der Waals surface area contributed by atoms with E-state index in [2.05, 4.69) is 0 Å². The summed E-state index contributed by atoms with van der Waals surface area (Å²) in [5.74, 6) is -0.0528. The largest absolute Gasteiger partial charge is 0.412 e. The van der Waals surface area contributed by atoms with Crippen LogP contribution in [0.3, 0.4) is 0 Å². The van der Waals surface area contributed by atoms with E-state index < -0.39 is 17.2 Å². The number of hydrogen-bond donors (Lipinski definition) is 0. The Morgan fingerprint density at radius 2 is 2.06 bits per heavy atom. The molecule has 1 heterocycles. The third-order valence-electron chi connectivity index (χ3n) is 2.77. The molecule has 1 amide bonds. The fraction of sp³-hybridized carbons (Fsp3) is 0.727. The summed E-state index contributed by atoms with van der Waals surface area (Å²) in [7, 11) is 0. The highest BCUT2D eigenvalue weighted by Crippen LogP contribution is 2.31. The zero-order valence-electron chi connectivity index (χ0n) is 9.77. The summed E-state index contributed by atoms with van der Waals surface area (Å²) in [5, 5.41) is 0. The van der Waals surface area contributed by atoms with Gasteiger partial charge in [-0.3, -0.25) is 4.79 Å². The van der Waals surface area contributed by atoms with Gasteiger partial charge < -0.3 is 4.90 Å². The Kier molecular flexibility index (Phi) is 4.12. The molecule has 1 rings (SSSR count). The molecule has 0 bridgehead atoms. The minimum absolute atomic E-state index is 0.00793. The lowest BCUT2D eigenvalue weighted by Gasteiger charge is -2.33. The van der Waals surface area contributed by atoms with E-state index in [1.54, 1.807) is 13.8 Å². The molecule has 6 heteroatoms. The summed E-state index contributed by atoms with van der Waals surface area (Å²) in [4.78, 5) is 13.4. The normalized spacial score (nSPS) is 18.0. The molecule has 0 aromatic carbocycles. The monoisotopic (exact) mass is 269 g/mol. The van der Waals surface area contributed by atoms with Crippen molar-refractivity contribution < 1.29 is 18.0 Å². The van der Waals surface area contributed by atoms with Gasteiger partial charge in [-0.1, -0.05) is 6.08 Å². The summed E-state index contributed by atoms with van der Waals surface area (Å²) in [5.41, 5.74) is -1.28. The molecule has 2 nitrogen and oxygen atoms in total. The van der Waals surface area contributed by atoms with Crippen molar-refractivity contribution >= 4 is 17.5 Å². The fourth-order valence-corrected chi connectivity index (χ4v) is 1.71. The van der Waals surface area contributed by atoms with Crippen molar-refractivity contribution in [2.24, 2.45) is 5.41 Å². The van der Waals surface area contributed by atoms with Crippen LogP contribution < -0.4 is 0 Å². The molecule has 0 spiro atoms. The number of alkyl halides is 4. The van der Waals surface area contributed by atoms with E-state index in [0.29, 0.717) is 0 Å². The van der Waals surface area contributed by atoms with Crippen LogP contribution in [0.1, 0.15) is 20.3 Å². The second-order valence-electron chi connectivity index (χ2n) is 4.75. The number of hydrogen-bond acceptors (Lipinski definition) is 1. The predicted octanol–water partition coefficient (Wildman–Crippen LogP) is 2.97. The molecule has 0 N–H and O–H groups in total. The van der Waals surface area contributed by atoms with Crippen molar-refractivity contribution in [2.75, 3.05) is 19.0 Å². The van der Waals surface area contributed by atoms with Gasteiger partial charge >= 0.3 is 6.18 Å². The topological polar surface area (TPSA) is 20.3 Å². The predicted molar refractivity (Wildman–Crippen MR) is 59.8 cm³/mol. The lowest BCUT2D eigenvalue weighted by Crippen LogP contribution is -2.44. The molecule has 0 atom stereocenters. The maximum absolute atomic E-state index is 12.4. The van der Waals surface area contributed by atoms with Gasteiger partial charge in [-0.2, -0.15) is 13.2 Å². The molecule has 98 valence electrons. The lowest BCUT2D eigenvalue weighted by atomic mass is 9.93. The molecule has 0 radical (unpaired) electrons. The number of carbonyl (C=O) groups excluding carboxylic acids is 1. The first-order valence-electron chi connectivity index (χ1n) is 5.30. The summed E-state index contributed by atoms with van der Waals surface area (Å²) in [6.07, 6.45) is -3.35. The highest BCUT2D eigenvalue weighted by molar-refractivity contribution is 6.19. The maximum atomic E-state index is 12.4. The van der Waals surface area contributed by atoms with Crippen molar-refractivity contribution in [3.05, 3.63) is 11.6 Å². The van der Waals surface area contributed by atoms with Crippen LogP contribution in [-0.2, 0) is 4.79 Å². The molecule has 0 saturated heterocycles. The average Bonchev–Trinajstić information content (AvgIpc) is 2.27. The van der Waals surface area contributed by atoms with Gasteiger partial charge in [0.15, 0.2) is 0 Å². The first-order chi connectivity index (χ1) is 7.68. The molecule has 0 aromatic heterocycles. The van der Waals surface area contributed by atoms with Crippen LogP contribution in [-0.4, -0.2) is 36.0 Å². The van der Waals surface area contributed by atoms with E-state index in [9.17, 15) is 18.0 Å². The Labute approximate surface area is 103 Å². The Hall–Kier alpha value is -0.710. The third kappa shape index (κ3) is 3.37. The van der Waals surface area contributed by atoms with E-state index in [1.807, 2.05) is 0 Å². The number of amides is 1. The number of carbonyl (C=O) groups is 1. The van der Waals surface area contributed by atoms with Crippen molar-refractivity contribution in [1.82, 2.24) is 4.90 Å². The zero-order valence-corrected chi connectivity index (χ0v) is 10.5. The Balaban J connectivity index is 2.70. The van der Waals surface area contributed by atoms with Crippen molar-refractivity contribution in [3.63, 3.8) is 0 Å². The third-order valence-corrected chi connectivity index (χ3v) is 3.44. The first-order valence-corrected chi connectivity index (χ1v) is 5.83. The quantitative estimate of drug-likeness (QED) is 0.557. The van der Waals surface area contributed by atoms with E-state index >= 15 is 0 Å². The molecule has 1 aliphatic rings. The van der Waals surface area contributed by atoms with Crippen LogP contribution >= 0.6 is 11.6 Å². The molecule has 0 saturated carbocycles. The van der Waals surface area contributed by atoms with Crippen molar-refractivity contribution in [1.29, 1.82) is 0 Å². The minimum atomic E-state index is -4.28. The lowest BCUT2D eigenvalue weighted by molar-refractivity contribution is -0.140. The molecular formula is C11H15ClF3NO. The minimum Gasteiger partial charge on any atom is -0.338 e. The summed E-state index contributed by atoms with van der Waals surface area (Å²) >= 11 is 5.67. The fourth-order valence-electron chi connectivity index (χ4n) is 1.60. The van der Waals surface area contributed by atoms with Gasteiger partial charge in [-0.05, 0) is 20.3 Å². The van der Waals surface area contributed by atoms with E-state index in [1.165, 1.54) is 4.90 Å². The molecule has 0 unspecified atom stereocenters. The second kappa shape index (κ2) is 4.88. The van der Waals surface area contributed by atoms with Gasteiger partial charge in [-0.15, -0.1) is 11.6 Å². The van der Waals surface area contributed by atoms with E-state index in [4.69, 9.17) is 11.6 Å². The van der Waals surface area contributed by atoms with Crippen molar-refractivity contribution in [2.45, 2.75) is 26.4 Å². The number of halogens is 4. The Morgan fingerprint density at radius 1 is 1.47 bits per heavy atom. The van der Waals surface area contributed by atoms with E-state index in [0.717, 1.165) is 6.08 Å². The van der Waals surface area contributed by atoms with Gasteiger partial charge in [0.2, 0.25) is 5.91 Å². The molecule has 17 heavy (non-hydrogen) atoms. The van der Waals surface area contributed by atoms with Gasteiger partial charge in [0.05, 0.1) is 5.41 Å². The first kappa shape index (κ1) is 14.4. The molecule has 1 aliphatic heterocycles. The highest BCUT2D eigenvalue weighted by atomic mass is 35.5. The van der Waals surface area contributed by atoms with Crippen molar-refractivity contribution in [3.8, 4) is 0 Å². The standard InChI is InChI=1S/C11H15ClF3NO/c1-10(2,7-12)9(17)16-5-3-8(4-6-16)11(13,14)15/h3H,4-7H2,1-2H3. The van der Waals surface area contributed by atoms with Crippen LogP contribution in [0.15, 0.2) is 11.6 Å². The Morgan fingerprint density at radius 3 is 2.41 bits per heavy atom. The Bertz CT molecular complexity index is 336. The van der Waals surface area contributed by atoms with Crippen LogP contribution in [0.4, 0.5) is 13.2 Å². The van der Waals surface area contributed by atoms with Gasteiger partial charge in [0.25, 0.3) is 0 Å². The second-order valence-corrected chi connectivity index (χ2v) is 5.01. The van der Waals surface area contributed by atoms with Gasteiger partial charge in [0, 0.05) is 24.5 Å². The molecule has 0 aromatic rings. The van der Waals surface area contributed by atoms with Gasteiger partial charge in [-0.25, -0.2) is 0 Å². The van der Waals surface area contributed by atoms with Crippen LogP contribution in [0.2, 0.25) is 0 Å². The van der Waals surface area contributed by atoms with Crippen LogP contribution in [0.5, 0.6) is 0 Å². The highest BCUT2D eigenvalue weighted by Gasteiger charge is 2.37. The summed E-state index contributed by atoms with van der Waals surface area (Å²) in [6, 6.07) is 0. The molecule has 0 fully saturated rings. The number of nitrogens with zero attached hydrogens (tertiary/aromatic N) is 1. The maximum Gasteiger partial charge on any atom is 0.412 e. The van der Waals surface area contributed by atoms with Gasteiger partial charge in [0.1, 0.15) is 0 Å². The van der Waals surface area contributed by atoms with Crippen LogP contribution in [0, 0.1) is 5.41 Å². The summed E-state index contributed by atoms with van der Waals surface area (Å²) in [6.45, 7) is 3.48. The van der Waals surface area contributed by atoms with E-state index in [-0.39, 0.29) is 31.3 Å². The molecular weight excluding hydrogens is 255 g/mol. The number of rotatable bonds is 2. The SMILES string of the molecule is CC(C)(CCl)C(=O)N1CC=C(C(F)(F)F)CC1. The van der Waals surface area contributed by atoms with Crippen LogP contribution in [0.25, 0.3) is 0 Å². The summed E-state index contributed by atoms with van der Waals surface area (Å²) < 4.78 is 37.1. The smallest absolute Gasteiger partial charge is 0.338 e. The molecule has 0 aliphatic carbocycles.